The van der Waals surface area contributed by atoms with E-state index in [2.05, 4.69) is 10.2 Å². The van der Waals surface area contributed by atoms with Crippen LogP contribution in [0.15, 0.2) is 18.2 Å². The van der Waals surface area contributed by atoms with E-state index in [1.54, 1.807) is 0 Å². The maximum Gasteiger partial charge on any atom is 0.123 e. The summed E-state index contributed by atoms with van der Waals surface area (Å²) in [5, 5.41) is 13.0. The van der Waals surface area contributed by atoms with Crippen molar-refractivity contribution in [3.63, 3.8) is 0 Å². The highest BCUT2D eigenvalue weighted by molar-refractivity contribution is 5.35. The molecule has 0 bridgehead atoms. The van der Waals surface area contributed by atoms with Crippen LogP contribution in [-0.2, 0) is 0 Å². The fourth-order valence-corrected chi connectivity index (χ4v) is 2.13. The van der Waals surface area contributed by atoms with Gasteiger partial charge in [-0.3, -0.25) is 4.90 Å². The molecule has 0 spiro atoms. The second kappa shape index (κ2) is 4.80. The molecule has 1 aromatic carbocycles. The van der Waals surface area contributed by atoms with Crippen LogP contribution < -0.4 is 5.32 Å². The smallest absolute Gasteiger partial charge is 0.123 e. The number of hydrogen-bond acceptors (Lipinski definition) is 3. The van der Waals surface area contributed by atoms with Gasteiger partial charge in [0.15, 0.2) is 0 Å². The Morgan fingerprint density at radius 1 is 1.38 bits per heavy atom. The lowest BCUT2D eigenvalue weighted by molar-refractivity contribution is 0.182. The molecule has 16 heavy (non-hydrogen) atoms. The zero-order valence-electron chi connectivity index (χ0n) is 9.41. The normalized spacial score (nSPS) is 19.6. The molecule has 1 aliphatic rings. The SMILES string of the molecule is C[C@@H](c1cc(F)ccc1O)N1CCNCC1. The summed E-state index contributed by atoms with van der Waals surface area (Å²) in [4.78, 5) is 2.24. The van der Waals surface area contributed by atoms with Crippen molar-refractivity contribution in [3.05, 3.63) is 29.6 Å². The van der Waals surface area contributed by atoms with Gasteiger partial charge in [-0.2, -0.15) is 0 Å². The number of halogens is 1. The molecule has 88 valence electrons. The summed E-state index contributed by atoms with van der Waals surface area (Å²) in [5.74, 6) is -0.123. The first-order chi connectivity index (χ1) is 7.68. The first kappa shape index (κ1) is 11.4. The van der Waals surface area contributed by atoms with Crippen molar-refractivity contribution in [2.45, 2.75) is 13.0 Å². The lowest BCUT2D eigenvalue weighted by Gasteiger charge is -2.33. The summed E-state index contributed by atoms with van der Waals surface area (Å²) in [6.07, 6.45) is 0. The Morgan fingerprint density at radius 2 is 2.06 bits per heavy atom. The van der Waals surface area contributed by atoms with Crippen LogP contribution in [0.5, 0.6) is 5.75 Å². The molecule has 0 unspecified atom stereocenters. The number of piperazine rings is 1. The molecule has 0 amide bonds. The number of phenols is 1. The topological polar surface area (TPSA) is 35.5 Å². The van der Waals surface area contributed by atoms with Gasteiger partial charge in [-0.1, -0.05) is 0 Å². The Labute approximate surface area is 94.9 Å². The van der Waals surface area contributed by atoms with E-state index in [1.165, 1.54) is 18.2 Å². The van der Waals surface area contributed by atoms with Crippen LogP contribution in [0, 0.1) is 5.82 Å². The third kappa shape index (κ3) is 2.33. The van der Waals surface area contributed by atoms with E-state index >= 15 is 0 Å². The molecule has 1 aliphatic heterocycles. The fourth-order valence-electron chi connectivity index (χ4n) is 2.13. The van der Waals surface area contributed by atoms with Gasteiger partial charge in [-0.15, -0.1) is 0 Å². The van der Waals surface area contributed by atoms with Crippen molar-refractivity contribution in [2.75, 3.05) is 26.2 Å². The van der Waals surface area contributed by atoms with Gasteiger partial charge in [0.1, 0.15) is 11.6 Å². The predicted molar refractivity (Wildman–Crippen MR) is 60.9 cm³/mol. The molecule has 0 aromatic heterocycles. The molecule has 1 saturated heterocycles. The van der Waals surface area contributed by atoms with Crippen molar-refractivity contribution in [1.82, 2.24) is 10.2 Å². The molecule has 1 heterocycles. The van der Waals surface area contributed by atoms with E-state index in [-0.39, 0.29) is 17.6 Å². The third-order valence-corrected chi connectivity index (χ3v) is 3.14. The van der Waals surface area contributed by atoms with Crippen molar-refractivity contribution in [2.24, 2.45) is 0 Å². The number of aromatic hydroxyl groups is 1. The maximum absolute atomic E-state index is 13.1. The average molecular weight is 224 g/mol. The van der Waals surface area contributed by atoms with Gasteiger partial charge in [0.2, 0.25) is 0 Å². The third-order valence-electron chi connectivity index (χ3n) is 3.14. The molecule has 4 heteroatoms. The molecule has 2 N–H and O–H groups in total. The molecule has 2 rings (SSSR count). The van der Waals surface area contributed by atoms with Crippen molar-refractivity contribution in [3.8, 4) is 5.75 Å². The Kier molecular flexibility index (Phi) is 3.41. The van der Waals surface area contributed by atoms with E-state index in [1.807, 2.05) is 6.92 Å². The van der Waals surface area contributed by atoms with Crippen LogP contribution >= 0.6 is 0 Å². The van der Waals surface area contributed by atoms with E-state index in [0.717, 1.165) is 26.2 Å². The molecule has 1 aromatic rings. The minimum Gasteiger partial charge on any atom is -0.508 e. The largest absolute Gasteiger partial charge is 0.508 e. The Hall–Kier alpha value is -1.13. The summed E-state index contributed by atoms with van der Waals surface area (Å²) in [6, 6.07) is 4.17. The van der Waals surface area contributed by atoms with Gasteiger partial charge in [-0.25, -0.2) is 4.39 Å². The molecule has 1 fully saturated rings. The lowest BCUT2D eigenvalue weighted by atomic mass is 10.0. The van der Waals surface area contributed by atoms with Crippen LogP contribution in [0.25, 0.3) is 0 Å². The van der Waals surface area contributed by atoms with E-state index < -0.39 is 0 Å². The molecule has 0 aliphatic carbocycles. The fraction of sp³-hybridized carbons (Fsp3) is 0.500. The number of phenolic OH excluding ortho intramolecular Hbond substituents is 1. The second-order valence-corrected chi connectivity index (χ2v) is 4.17. The monoisotopic (exact) mass is 224 g/mol. The number of nitrogens with one attached hydrogen (secondary N) is 1. The Bertz CT molecular complexity index is 364. The van der Waals surface area contributed by atoms with Crippen LogP contribution in [0.4, 0.5) is 4.39 Å². The Morgan fingerprint density at radius 3 is 2.75 bits per heavy atom. The predicted octanol–water partition coefficient (Wildman–Crippen LogP) is 1.50. The molecular weight excluding hydrogens is 207 g/mol. The summed E-state index contributed by atoms with van der Waals surface area (Å²) >= 11 is 0. The van der Waals surface area contributed by atoms with E-state index in [9.17, 15) is 9.50 Å². The van der Waals surface area contributed by atoms with Crippen molar-refractivity contribution in [1.29, 1.82) is 0 Å². The number of rotatable bonds is 2. The van der Waals surface area contributed by atoms with Crippen LogP contribution in [0.1, 0.15) is 18.5 Å². The molecule has 0 saturated carbocycles. The van der Waals surface area contributed by atoms with E-state index in [4.69, 9.17) is 0 Å². The minimum absolute atomic E-state index is 0.0535. The van der Waals surface area contributed by atoms with Crippen molar-refractivity contribution >= 4 is 0 Å². The van der Waals surface area contributed by atoms with Crippen LogP contribution in [-0.4, -0.2) is 36.2 Å². The minimum atomic E-state index is -0.296. The van der Waals surface area contributed by atoms with Gasteiger partial charge in [0.05, 0.1) is 0 Å². The maximum atomic E-state index is 13.1. The standard InChI is InChI=1S/C12H17FN2O/c1-9(15-6-4-14-5-7-15)11-8-10(13)2-3-12(11)16/h2-3,8-9,14,16H,4-7H2,1H3/t9-/m0/s1. The number of hydrogen-bond donors (Lipinski definition) is 2. The quantitative estimate of drug-likeness (QED) is 0.799. The second-order valence-electron chi connectivity index (χ2n) is 4.17. The first-order valence-electron chi connectivity index (χ1n) is 5.61. The molecular formula is C12H17FN2O. The van der Waals surface area contributed by atoms with Gasteiger partial charge in [0, 0.05) is 37.8 Å². The summed E-state index contributed by atoms with van der Waals surface area (Å²) in [6.45, 7) is 5.74. The number of nitrogens with zero attached hydrogens (tertiary/aromatic N) is 1. The zero-order valence-corrected chi connectivity index (χ0v) is 9.41. The van der Waals surface area contributed by atoms with Crippen molar-refractivity contribution < 1.29 is 9.50 Å². The summed E-state index contributed by atoms with van der Waals surface area (Å²) in [7, 11) is 0. The van der Waals surface area contributed by atoms with Gasteiger partial charge >= 0.3 is 0 Å². The Balaban J connectivity index is 2.18. The molecule has 1 atom stereocenters. The highest BCUT2D eigenvalue weighted by Gasteiger charge is 2.20. The summed E-state index contributed by atoms with van der Waals surface area (Å²) < 4.78 is 13.1. The average Bonchev–Trinajstić information content (AvgIpc) is 2.32. The van der Waals surface area contributed by atoms with Gasteiger partial charge in [-0.05, 0) is 25.1 Å². The van der Waals surface area contributed by atoms with Crippen LogP contribution in [0.2, 0.25) is 0 Å². The highest BCUT2D eigenvalue weighted by Crippen LogP contribution is 2.28. The molecule has 0 radical (unpaired) electrons. The van der Waals surface area contributed by atoms with E-state index in [0.29, 0.717) is 5.56 Å². The van der Waals surface area contributed by atoms with Crippen LogP contribution in [0.3, 0.4) is 0 Å². The molecule has 3 nitrogen and oxygen atoms in total. The highest BCUT2D eigenvalue weighted by atomic mass is 19.1. The number of benzene rings is 1. The van der Waals surface area contributed by atoms with Gasteiger partial charge in [0.25, 0.3) is 0 Å². The first-order valence-corrected chi connectivity index (χ1v) is 5.61. The summed E-state index contributed by atoms with van der Waals surface area (Å²) in [5.41, 5.74) is 0.668. The zero-order chi connectivity index (χ0) is 11.5. The van der Waals surface area contributed by atoms with Gasteiger partial charge < -0.3 is 10.4 Å². The lowest BCUT2D eigenvalue weighted by Crippen LogP contribution is -2.44.